The Morgan fingerprint density at radius 1 is 1.44 bits per heavy atom. The van der Waals surface area contributed by atoms with E-state index in [1.54, 1.807) is 6.07 Å². The Hall–Kier alpha value is -1.31. The molecular weight excluding hydrogens is 318 g/mol. The number of nitrogens with zero attached hydrogens (tertiary/aromatic N) is 1. The average molecular weight is 328 g/mol. The molecule has 7 heteroatoms. The zero-order valence-electron chi connectivity index (χ0n) is 9.18. The number of nitrogens with two attached hydrogens (primary N) is 1. The second-order valence-corrected chi connectivity index (χ2v) is 5.43. The van der Waals surface area contributed by atoms with Gasteiger partial charge in [0, 0.05) is 15.4 Å². The number of hydrogen-bond acceptors (Lipinski definition) is 5. The highest BCUT2D eigenvalue weighted by molar-refractivity contribution is 9.10. The van der Waals surface area contributed by atoms with Crippen LogP contribution in [-0.4, -0.2) is 15.1 Å². The first kappa shape index (κ1) is 13.1. The van der Waals surface area contributed by atoms with E-state index in [0.29, 0.717) is 5.16 Å². The first-order valence-corrected chi connectivity index (χ1v) is 6.63. The fraction of sp³-hybridized carbons (Fsp3) is 0.0909. The third kappa shape index (κ3) is 3.12. The molecule has 0 aliphatic heterocycles. The first-order chi connectivity index (χ1) is 8.58. The molecule has 0 aliphatic rings. The Kier molecular flexibility index (Phi) is 4.05. The van der Waals surface area contributed by atoms with Gasteiger partial charge in [0.15, 0.2) is 5.16 Å². The molecule has 0 unspecified atom stereocenters. The summed E-state index contributed by atoms with van der Waals surface area (Å²) >= 11 is 4.60. The van der Waals surface area contributed by atoms with Gasteiger partial charge in [0.1, 0.15) is 5.82 Å². The van der Waals surface area contributed by atoms with Gasteiger partial charge in [0.2, 0.25) is 0 Å². The number of anilines is 1. The zero-order chi connectivity index (χ0) is 13.1. The second kappa shape index (κ2) is 5.55. The third-order valence-corrected chi connectivity index (χ3v) is 3.63. The molecule has 0 spiro atoms. The van der Waals surface area contributed by atoms with E-state index in [4.69, 9.17) is 5.73 Å². The van der Waals surface area contributed by atoms with Crippen molar-refractivity contribution in [1.82, 2.24) is 9.97 Å². The molecule has 18 heavy (non-hydrogen) atoms. The van der Waals surface area contributed by atoms with Gasteiger partial charge in [-0.05, 0) is 17.7 Å². The minimum absolute atomic E-state index is 0.0812. The number of nitrogens with one attached hydrogen (secondary N) is 1. The molecule has 1 heterocycles. The molecular formula is C11H10BrN3O2S. The van der Waals surface area contributed by atoms with Gasteiger partial charge in [-0.3, -0.25) is 4.79 Å². The molecule has 0 saturated heterocycles. The van der Waals surface area contributed by atoms with Crippen molar-refractivity contribution in [2.75, 3.05) is 5.73 Å². The van der Waals surface area contributed by atoms with Crippen LogP contribution in [0.5, 0.6) is 0 Å². The number of aromatic amines is 1. The summed E-state index contributed by atoms with van der Waals surface area (Å²) in [7, 11) is 0. The molecule has 0 radical (unpaired) electrons. The second-order valence-electron chi connectivity index (χ2n) is 3.49. The molecule has 2 aromatic rings. The number of aliphatic hydroxyl groups excluding tert-OH is 1. The number of aliphatic hydroxyl groups is 1. The predicted molar refractivity (Wildman–Crippen MR) is 73.5 cm³/mol. The lowest BCUT2D eigenvalue weighted by Crippen LogP contribution is -2.09. The smallest absolute Gasteiger partial charge is 0.253 e. The maximum absolute atomic E-state index is 11.3. The van der Waals surface area contributed by atoms with Crippen molar-refractivity contribution in [3.05, 3.63) is 44.7 Å². The Morgan fingerprint density at radius 3 is 2.89 bits per heavy atom. The summed E-state index contributed by atoms with van der Waals surface area (Å²) in [6.07, 6.45) is 0. The molecule has 5 nitrogen and oxygen atoms in total. The van der Waals surface area contributed by atoms with Gasteiger partial charge in [-0.15, -0.1) is 0 Å². The Balaban J connectivity index is 2.38. The highest BCUT2D eigenvalue weighted by atomic mass is 79.9. The predicted octanol–water partition coefficient (Wildman–Crippen LogP) is 1.76. The topological polar surface area (TPSA) is 92.0 Å². The van der Waals surface area contributed by atoms with Gasteiger partial charge in [0.25, 0.3) is 5.56 Å². The lowest BCUT2D eigenvalue weighted by molar-refractivity contribution is 0.279. The van der Waals surface area contributed by atoms with Crippen LogP contribution in [0.1, 0.15) is 5.56 Å². The van der Waals surface area contributed by atoms with Crippen molar-refractivity contribution in [3.63, 3.8) is 0 Å². The quantitative estimate of drug-likeness (QED) is 0.747. The highest BCUT2D eigenvalue weighted by Crippen LogP contribution is 2.30. The average Bonchev–Trinajstić information content (AvgIpc) is 2.27. The van der Waals surface area contributed by atoms with Gasteiger partial charge >= 0.3 is 0 Å². The van der Waals surface area contributed by atoms with Crippen molar-refractivity contribution < 1.29 is 5.11 Å². The molecule has 1 aromatic carbocycles. The van der Waals surface area contributed by atoms with E-state index >= 15 is 0 Å². The molecule has 0 atom stereocenters. The number of hydrogen-bond donors (Lipinski definition) is 3. The number of nitrogen functional groups attached to an aromatic ring is 1. The number of halogens is 1. The lowest BCUT2D eigenvalue weighted by atomic mass is 10.2. The van der Waals surface area contributed by atoms with Crippen LogP contribution in [-0.2, 0) is 6.61 Å². The Bertz CT molecular complexity index is 630. The van der Waals surface area contributed by atoms with Gasteiger partial charge in [-0.1, -0.05) is 33.8 Å². The van der Waals surface area contributed by atoms with Crippen LogP contribution in [0.25, 0.3) is 0 Å². The lowest BCUT2D eigenvalue weighted by Gasteiger charge is -2.07. The van der Waals surface area contributed by atoms with E-state index in [1.807, 2.05) is 12.1 Å². The van der Waals surface area contributed by atoms with Crippen LogP contribution in [0.4, 0.5) is 5.82 Å². The van der Waals surface area contributed by atoms with Crippen LogP contribution in [0, 0.1) is 0 Å². The summed E-state index contributed by atoms with van der Waals surface area (Å²) in [6.45, 7) is -0.0812. The number of aromatic nitrogens is 2. The van der Waals surface area contributed by atoms with Crippen molar-refractivity contribution in [1.29, 1.82) is 0 Å². The van der Waals surface area contributed by atoms with Crippen molar-refractivity contribution in [2.45, 2.75) is 16.7 Å². The Morgan fingerprint density at radius 2 is 2.22 bits per heavy atom. The van der Waals surface area contributed by atoms with Crippen LogP contribution in [0.15, 0.2) is 43.6 Å². The van der Waals surface area contributed by atoms with Gasteiger partial charge in [0.05, 0.1) is 6.61 Å². The molecule has 0 aliphatic carbocycles. The fourth-order valence-electron chi connectivity index (χ4n) is 1.36. The molecule has 4 N–H and O–H groups in total. The minimum atomic E-state index is -0.300. The van der Waals surface area contributed by atoms with Crippen LogP contribution in [0.2, 0.25) is 0 Å². The largest absolute Gasteiger partial charge is 0.392 e. The van der Waals surface area contributed by atoms with Crippen molar-refractivity contribution in [2.24, 2.45) is 0 Å². The van der Waals surface area contributed by atoms with Gasteiger partial charge < -0.3 is 15.8 Å². The van der Waals surface area contributed by atoms with E-state index in [9.17, 15) is 9.90 Å². The molecule has 0 fully saturated rings. The monoisotopic (exact) mass is 327 g/mol. The molecule has 0 amide bonds. The van der Waals surface area contributed by atoms with E-state index in [2.05, 4.69) is 25.9 Å². The van der Waals surface area contributed by atoms with Crippen LogP contribution in [0.3, 0.4) is 0 Å². The van der Waals surface area contributed by atoms with E-state index in [1.165, 1.54) is 17.8 Å². The van der Waals surface area contributed by atoms with E-state index in [0.717, 1.165) is 14.9 Å². The summed E-state index contributed by atoms with van der Waals surface area (Å²) in [6, 6.07) is 6.71. The van der Waals surface area contributed by atoms with Crippen LogP contribution < -0.4 is 11.3 Å². The summed E-state index contributed by atoms with van der Waals surface area (Å²) in [4.78, 5) is 18.7. The number of H-pyrrole nitrogens is 1. The Labute approximate surface area is 116 Å². The summed E-state index contributed by atoms with van der Waals surface area (Å²) < 4.78 is 0.883. The number of rotatable bonds is 3. The van der Waals surface area contributed by atoms with Crippen molar-refractivity contribution >= 4 is 33.5 Å². The summed E-state index contributed by atoms with van der Waals surface area (Å²) in [5, 5.41) is 9.65. The zero-order valence-corrected chi connectivity index (χ0v) is 11.6. The molecule has 1 aromatic heterocycles. The normalized spacial score (nSPS) is 10.6. The molecule has 2 rings (SSSR count). The standard InChI is InChI=1S/C11H10BrN3O2S/c12-7-2-1-6(5-16)8(3-7)18-11-14-9(13)4-10(17)15-11/h1-4,16H,5H2,(H3,13,14,15,17). The van der Waals surface area contributed by atoms with Gasteiger partial charge in [-0.25, -0.2) is 4.98 Å². The maximum atomic E-state index is 11.3. The summed E-state index contributed by atoms with van der Waals surface area (Å²) in [5.74, 6) is 0.168. The minimum Gasteiger partial charge on any atom is -0.392 e. The molecule has 94 valence electrons. The fourth-order valence-corrected chi connectivity index (χ4v) is 2.83. The summed E-state index contributed by atoms with van der Waals surface area (Å²) in [5.41, 5.74) is 5.97. The maximum Gasteiger partial charge on any atom is 0.253 e. The van der Waals surface area contributed by atoms with Crippen LogP contribution >= 0.6 is 27.7 Å². The van der Waals surface area contributed by atoms with Gasteiger partial charge in [-0.2, -0.15) is 0 Å². The van der Waals surface area contributed by atoms with E-state index < -0.39 is 0 Å². The third-order valence-electron chi connectivity index (χ3n) is 2.15. The molecule has 0 bridgehead atoms. The van der Waals surface area contributed by atoms with Crippen molar-refractivity contribution in [3.8, 4) is 0 Å². The highest BCUT2D eigenvalue weighted by Gasteiger charge is 2.07. The molecule has 0 saturated carbocycles. The number of benzene rings is 1. The SMILES string of the molecule is Nc1cc(=O)[nH]c(Sc2cc(Br)ccc2CO)n1. The van der Waals surface area contributed by atoms with E-state index in [-0.39, 0.29) is 18.0 Å². The first-order valence-electron chi connectivity index (χ1n) is 5.02.